The Morgan fingerprint density at radius 1 is 1.19 bits per heavy atom. The molecular weight excluding hydrogens is 565 g/mol. The molecule has 0 aliphatic heterocycles. The molecule has 0 heterocycles. The van der Waals surface area contributed by atoms with Crippen LogP contribution < -0.4 is 10.1 Å². The van der Waals surface area contributed by atoms with Gasteiger partial charge in [0.1, 0.15) is 23.2 Å². The molecule has 0 aliphatic rings. The molecule has 0 unspecified atom stereocenters. The number of nitrogens with zero attached hydrogens (tertiary/aromatic N) is 1. The van der Waals surface area contributed by atoms with Gasteiger partial charge in [-0.25, -0.2) is 4.39 Å². The van der Waals surface area contributed by atoms with Gasteiger partial charge in [0.2, 0.25) is 0 Å². The minimum absolute atomic E-state index is 0.0909. The van der Waals surface area contributed by atoms with Crippen molar-refractivity contribution in [2.75, 3.05) is 12.4 Å². The number of rotatable bonds is 6. The molecule has 8 heteroatoms. The maximum atomic E-state index is 13.5. The lowest BCUT2D eigenvalue weighted by Gasteiger charge is -2.13. The highest BCUT2D eigenvalue weighted by molar-refractivity contribution is 14.1. The van der Waals surface area contributed by atoms with Gasteiger partial charge < -0.3 is 10.1 Å². The van der Waals surface area contributed by atoms with E-state index in [0.717, 1.165) is 14.7 Å². The first-order chi connectivity index (χ1) is 15.3. The highest BCUT2D eigenvalue weighted by atomic mass is 127. The largest absolute Gasteiger partial charge is 0.496 e. The van der Waals surface area contributed by atoms with Crippen LogP contribution in [-0.4, -0.2) is 13.0 Å². The van der Waals surface area contributed by atoms with Gasteiger partial charge in [-0.05, 0) is 82.3 Å². The Morgan fingerprint density at radius 2 is 1.97 bits per heavy atom. The van der Waals surface area contributed by atoms with E-state index >= 15 is 0 Å². The summed E-state index contributed by atoms with van der Waals surface area (Å²) in [6.45, 7) is 0. The van der Waals surface area contributed by atoms with Crippen molar-refractivity contribution >= 4 is 63.5 Å². The first kappa shape index (κ1) is 24.1. The van der Waals surface area contributed by atoms with E-state index in [1.165, 1.54) is 31.4 Å². The molecule has 3 aromatic rings. The van der Waals surface area contributed by atoms with Crippen LogP contribution in [0.15, 0.2) is 60.2 Å². The zero-order valence-corrected chi connectivity index (χ0v) is 20.4. The molecule has 0 aromatic heterocycles. The number of carbonyl (C=O) groups is 1. The van der Waals surface area contributed by atoms with Crippen molar-refractivity contribution in [1.29, 1.82) is 5.26 Å². The number of anilines is 1. The maximum Gasteiger partial charge on any atom is 0.266 e. The number of carbonyl (C=O) groups excluding carboxylic acids is 1. The second-order valence-corrected chi connectivity index (χ2v) is 8.72. The summed E-state index contributed by atoms with van der Waals surface area (Å²) in [7, 11) is 1.54. The van der Waals surface area contributed by atoms with E-state index in [9.17, 15) is 14.4 Å². The van der Waals surface area contributed by atoms with Gasteiger partial charge in [-0.15, -0.1) is 0 Å². The Balaban J connectivity index is 1.88. The standard InChI is InChI=1S/C24H16Cl2FIN2O2/c1-32-23-11-15(10-22(28)19(23)9-14-3-2-4-17(27)8-14)7-16(13-29)24(31)30-18-5-6-20(25)21(26)12-18/h2-8,10-12H,9H2,1H3,(H,30,31)/b16-7+. The summed E-state index contributed by atoms with van der Waals surface area (Å²) in [4.78, 5) is 12.6. The first-order valence-electron chi connectivity index (χ1n) is 9.29. The van der Waals surface area contributed by atoms with E-state index in [-0.39, 0.29) is 11.4 Å². The lowest BCUT2D eigenvalue weighted by atomic mass is 10.0. The average molecular weight is 581 g/mol. The molecule has 4 nitrogen and oxygen atoms in total. The average Bonchev–Trinajstić information content (AvgIpc) is 2.76. The maximum absolute atomic E-state index is 13.5. The molecule has 162 valence electrons. The smallest absolute Gasteiger partial charge is 0.266 e. The van der Waals surface area contributed by atoms with E-state index in [1.54, 1.807) is 24.3 Å². The van der Waals surface area contributed by atoms with Crippen LogP contribution in [-0.2, 0) is 11.2 Å². The molecule has 0 atom stereocenters. The predicted octanol–water partition coefficient (Wildman–Crippen LogP) is 6.88. The molecule has 0 spiro atoms. The van der Waals surface area contributed by atoms with E-state index in [0.29, 0.717) is 33.5 Å². The lowest BCUT2D eigenvalue weighted by molar-refractivity contribution is -0.112. The van der Waals surface area contributed by atoms with Crippen LogP contribution in [0, 0.1) is 20.7 Å². The van der Waals surface area contributed by atoms with Gasteiger partial charge >= 0.3 is 0 Å². The minimum atomic E-state index is -0.580. The second kappa shape index (κ2) is 10.8. The Bertz CT molecular complexity index is 1260. The fourth-order valence-electron chi connectivity index (χ4n) is 3.01. The van der Waals surface area contributed by atoms with Crippen LogP contribution in [0.4, 0.5) is 10.1 Å². The molecule has 1 amide bonds. The van der Waals surface area contributed by atoms with Crippen LogP contribution in [0.5, 0.6) is 5.75 Å². The number of hydrogen-bond donors (Lipinski definition) is 1. The summed E-state index contributed by atoms with van der Waals surface area (Å²) in [5.41, 5.74) is 2.64. The van der Waals surface area contributed by atoms with Crippen molar-refractivity contribution in [3.63, 3.8) is 0 Å². The van der Waals surface area contributed by atoms with Gasteiger partial charge in [0.15, 0.2) is 0 Å². The molecule has 0 fully saturated rings. The summed E-state index contributed by atoms with van der Waals surface area (Å²) in [6, 6.07) is 16.5. The fraction of sp³-hybridized carbons (Fsp3) is 0.0833. The van der Waals surface area contributed by atoms with Crippen molar-refractivity contribution in [2.24, 2.45) is 0 Å². The molecule has 0 saturated heterocycles. The molecule has 32 heavy (non-hydrogen) atoms. The number of methoxy groups -OCH3 is 1. The normalized spacial score (nSPS) is 11.1. The number of hydrogen-bond acceptors (Lipinski definition) is 3. The van der Waals surface area contributed by atoms with Crippen LogP contribution >= 0.6 is 45.8 Å². The number of halogens is 4. The number of nitrogens with one attached hydrogen (secondary N) is 1. The van der Waals surface area contributed by atoms with Crippen molar-refractivity contribution in [1.82, 2.24) is 0 Å². The van der Waals surface area contributed by atoms with Crippen LogP contribution in [0.3, 0.4) is 0 Å². The molecular formula is C24H16Cl2FIN2O2. The van der Waals surface area contributed by atoms with Crippen LogP contribution in [0.25, 0.3) is 6.08 Å². The van der Waals surface area contributed by atoms with Crippen molar-refractivity contribution in [3.05, 3.63) is 96.3 Å². The summed E-state index contributed by atoms with van der Waals surface area (Å²) in [5.74, 6) is -0.305. The minimum Gasteiger partial charge on any atom is -0.496 e. The molecule has 0 radical (unpaired) electrons. The van der Waals surface area contributed by atoms with Gasteiger partial charge in [0.25, 0.3) is 5.91 Å². The van der Waals surface area contributed by atoms with Crippen LogP contribution in [0.1, 0.15) is 16.7 Å². The number of benzene rings is 3. The zero-order valence-electron chi connectivity index (χ0n) is 16.8. The Labute approximate surface area is 208 Å². The molecule has 1 N–H and O–H groups in total. The third-order valence-corrected chi connectivity index (χ3v) is 6.22. The summed E-state index contributed by atoms with van der Waals surface area (Å²) >= 11 is 14.0. The highest BCUT2D eigenvalue weighted by Crippen LogP contribution is 2.30. The van der Waals surface area contributed by atoms with Gasteiger partial charge in [-0.1, -0.05) is 35.3 Å². The van der Waals surface area contributed by atoms with E-state index in [4.69, 9.17) is 27.9 Å². The van der Waals surface area contributed by atoms with Gasteiger partial charge in [0, 0.05) is 21.2 Å². The monoisotopic (exact) mass is 580 g/mol. The van der Waals surface area contributed by atoms with Gasteiger partial charge in [-0.2, -0.15) is 5.26 Å². The Hall–Kier alpha value is -2.60. The SMILES string of the molecule is COc1cc(/C=C(\C#N)C(=O)Nc2ccc(Cl)c(Cl)c2)cc(I)c1Cc1cccc(F)c1. The van der Waals surface area contributed by atoms with E-state index in [2.05, 4.69) is 27.9 Å². The van der Waals surface area contributed by atoms with Crippen LogP contribution in [0.2, 0.25) is 10.0 Å². The third kappa shape index (κ3) is 6.00. The first-order valence-corrected chi connectivity index (χ1v) is 11.1. The summed E-state index contributed by atoms with van der Waals surface area (Å²) in [5, 5.41) is 12.8. The topological polar surface area (TPSA) is 62.1 Å². The van der Waals surface area contributed by atoms with Gasteiger partial charge in [0.05, 0.1) is 17.2 Å². The molecule has 3 aromatic carbocycles. The molecule has 3 rings (SSSR count). The van der Waals surface area contributed by atoms with E-state index in [1.807, 2.05) is 18.2 Å². The van der Waals surface area contributed by atoms with Crippen molar-refractivity contribution in [3.8, 4) is 11.8 Å². The van der Waals surface area contributed by atoms with Crippen molar-refractivity contribution in [2.45, 2.75) is 6.42 Å². The zero-order chi connectivity index (χ0) is 23.3. The van der Waals surface area contributed by atoms with Crippen molar-refractivity contribution < 1.29 is 13.9 Å². The molecule has 0 aliphatic carbocycles. The number of ether oxygens (including phenoxy) is 1. The predicted molar refractivity (Wildman–Crippen MR) is 134 cm³/mol. The molecule has 0 saturated carbocycles. The fourth-order valence-corrected chi connectivity index (χ4v) is 4.12. The van der Waals surface area contributed by atoms with Gasteiger partial charge in [-0.3, -0.25) is 4.79 Å². The third-order valence-electron chi connectivity index (χ3n) is 4.52. The van der Waals surface area contributed by atoms with E-state index < -0.39 is 5.91 Å². The number of nitriles is 1. The molecule has 0 bridgehead atoms. The number of amides is 1. The Morgan fingerprint density at radius 3 is 2.62 bits per heavy atom. The quantitative estimate of drug-likeness (QED) is 0.196. The summed E-state index contributed by atoms with van der Waals surface area (Å²) < 4.78 is 19.9. The summed E-state index contributed by atoms with van der Waals surface area (Å²) in [6.07, 6.45) is 1.95. The lowest BCUT2D eigenvalue weighted by Crippen LogP contribution is -2.13. The Kier molecular flexibility index (Phi) is 8.13. The second-order valence-electron chi connectivity index (χ2n) is 6.74. The highest BCUT2D eigenvalue weighted by Gasteiger charge is 2.14.